The first kappa shape index (κ1) is 19.6. The van der Waals surface area contributed by atoms with Crippen LogP contribution in [-0.4, -0.2) is 30.1 Å². The SMILES string of the molecule is C[C@]1(c2ccccc2)C[C@@]1(NS(=O)(=O)c1ccc(-c2ccc(O)cc2)s1)C(=O)O. The number of phenolic OH excluding ortho intramolecular Hbond substituents is 1. The molecule has 1 saturated carbocycles. The van der Waals surface area contributed by atoms with Crippen LogP contribution < -0.4 is 4.72 Å². The van der Waals surface area contributed by atoms with E-state index in [-0.39, 0.29) is 16.4 Å². The predicted octanol–water partition coefficient (Wildman–Crippen LogP) is 3.58. The van der Waals surface area contributed by atoms with Crippen LogP contribution in [0.4, 0.5) is 0 Å². The van der Waals surface area contributed by atoms with E-state index in [1.165, 1.54) is 18.2 Å². The van der Waals surface area contributed by atoms with Gasteiger partial charge in [0.05, 0.1) is 0 Å². The molecule has 4 rings (SSSR count). The molecule has 2 atom stereocenters. The van der Waals surface area contributed by atoms with Gasteiger partial charge in [0, 0.05) is 10.3 Å². The summed E-state index contributed by atoms with van der Waals surface area (Å²) in [5.41, 5.74) is -0.871. The third kappa shape index (κ3) is 3.23. The Morgan fingerprint density at radius 1 is 1.03 bits per heavy atom. The molecule has 0 aliphatic heterocycles. The van der Waals surface area contributed by atoms with E-state index in [1.54, 1.807) is 25.1 Å². The van der Waals surface area contributed by atoms with Crippen molar-refractivity contribution < 1.29 is 23.4 Å². The lowest BCUT2D eigenvalue weighted by atomic mass is 9.93. The fourth-order valence-electron chi connectivity index (χ4n) is 3.67. The molecule has 0 spiro atoms. The van der Waals surface area contributed by atoms with E-state index in [1.807, 2.05) is 30.3 Å². The first-order valence-electron chi connectivity index (χ1n) is 8.90. The minimum absolute atomic E-state index is 0.0449. The number of carboxylic acid groups (broad SMARTS) is 1. The summed E-state index contributed by atoms with van der Waals surface area (Å²) in [6.45, 7) is 1.76. The number of hydrogen-bond donors (Lipinski definition) is 3. The molecule has 8 heteroatoms. The largest absolute Gasteiger partial charge is 0.508 e. The van der Waals surface area contributed by atoms with Crippen molar-refractivity contribution in [2.75, 3.05) is 0 Å². The van der Waals surface area contributed by atoms with E-state index < -0.39 is 26.9 Å². The standard InChI is InChI=1S/C21H19NO5S2/c1-20(15-5-3-2-4-6-15)13-21(20,19(24)25)22-29(26,27)18-12-11-17(28-18)14-7-9-16(23)10-8-14/h2-12,22-23H,13H2,1H3,(H,24,25)/t20-,21-/m1/s1. The second-order valence-corrected chi connectivity index (χ2v) is 10.3. The van der Waals surface area contributed by atoms with Crippen LogP contribution in [0.2, 0.25) is 0 Å². The Hall–Kier alpha value is -2.68. The lowest BCUT2D eigenvalue weighted by Crippen LogP contribution is -2.47. The van der Waals surface area contributed by atoms with Crippen molar-refractivity contribution in [3.8, 4) is 16.2 Å². The number of benzene rings is 2. The van der Waals surface area contributed by atoms with E-state index in [0.717, 1.165) is 22.5 Å². The van der Waals surface area contributed by atoms with Gasteiger partial charge in [0.15, 0.2) is 0 Å². The van der Waals surface area contributed by atoms with Gasteiger partial charge >= 0.3 is 5.97 Å². The first-order valence-corrected chi connectivity index (χ1v) is 11.2. The minimum atomic E-state index is -4.04. The summed E-state index contributed by atoms with van der Waals surface area (Å²) >= 11 is 1.05. The number of rotatable bonds is 6. The zero-order valence-electron chi connectivity index (χ0n) is 15.5. The summed E-state index contributed by atoms with van der Waals surface area (Å²) < 4.78 is 28.5. The van der Waals surface area contributed by atoms with E-state index in [9.17, 15) is 23.4 Å². The molecule has 1 fully saturated rings. The molecule has 1 aliphatic carbocycles. The van der Waals surface area contributed by atoms with E-state index in [2.05, 4.69) is 4.72 Å². The highest BCUT2D eigenvalue weighted by atomic mass is 32.2. The van der Waals surface area contributed by atoms with Crippen LogP contribution in [0.5, 0.6) is 5.75 Å². The van der Waals surface area contributed by atoms with Gasteiger partial charge in [0.2, 0.25) is 0 Å². The predicted molar refractivity (Wildman–Crippen MR) is 111 cm³/mol. The molecule has 150 valence electrons. The molecule has 0 bridgehead atoms. The van der Waals surface area contributed by atoms with Gasteiger partial charge in [0.1, 0.15) is 15.5 Å². The van der Waals surface area contributed by atoms with Crippen LogP contribution >= 0.6 is 11.3 Å². The number of hydrogen-bond acceptors (Lipinski definition) is 5. The molecule has 3 aromatic rings. The second-order valence-electron chi connectivity index (χ2n) is 7.36. The molecule has 1 heterocycles. The Labute approximate surface area is 172 Å². The van der Waals surface area contributed by atoms with Gasteiger partial charge in [-0.25, -0.2) is 8.42 Å². The van der Waals surface area contributed by atoms with Gasteiger partial charge < -0.3 is 10.2 Å². The quantitative estimate of drug-likeness (QED) is 0.556. The molecule has 6 nitrogen and oxygen atoms in total. The average molecular weight is 430 g/mol. The third-order valence-electron chi connectivity index (χ3n) is 5.52. The summed E-state index contributed by atoms with van der Waals surface area (Å²) in [5.74, 6) is -1.07. The molecular weight excluding hydrogens is 410 g/mol. The van der Waals surface area contributed by atoms with Gasteiger partial charge in [0.25, 0.3) is 10.0 Å². The highest BCUT2D eigenvalue weighted by Gasteiger charge is 2.72. The molecule has 0 unspecified atom stereocenters. The number of carbonyl (C=O) groups is 1. The first-order chi connectivity index (χ1) is 13.7. The summed E-state index contributed by atoms with van der Waals surface area (Å²) in [4.78, 5) is 12.8. The topological polar surface area (TPSA) is 104 Å². The van der Waals surface area contributed by atoms with Crippen LogP contribution in [0.15, 0.2) is 70.9 Å². The smallest absolute Gasteiger partial charge is 0.325 e. The zero-order chi connectivity index (χ0) is 20.9. The van der Waals surface area contributed by atoms with Gasteiger partial charge in [-0.3, -0.25) is 4.79 Å². The molecule has 3 N–H and O–H groups in total. The number of carboxylic acids is 1. The number of aliphatic carboxylic acids is 1. The van der Waals surface area contributed by atoms with Gasteiger partial charge in [-0.1, -0.05) is 37.3 Å². The normalized spacial score (nSPS) is 23.6. The molecule has 2 aromatic carbocycles. The lowest BCUT2D eigenvalue weighted by molar-refractivity contribution is -0.140. The highest BCUT2D eigenvalue weighted by Crippen LogP contribution is 2.58. The Bertz CT molecular complexity index is 1170. The van der Waals surface area contributed by atoms with Crippen LogP contribution in [0.1, 0.15) is 18.9 Å². The van der Waals surface area contributed by atoms with Gasteiger partial charge in [-0.2, -0.15) is 4.72 Å². The summed E-state index contributed by atoms with van der Waals surface area (Å²) in [7, 11) is -4.04. The highest BCUT2D eigenvalue weighted by molar-refractivity contribution is 7.91. The molecule has 1 aliphatic rings. The summed E-state index contributed by atoms with van der Waals surface area (Å²) in [5, 5.41) is 19.3. The van der Waals surface area contributed by atoms with Crippen LogP contribution in [0.25, 0.3) is 10.4 Å². The molecule has 1 aromatic heterocycles. The van der Waals surface area contributed by atoms with Crippen molar-refractivity contribution in [1.29, 1.82) is 0 Å². The van der Waals surface area contributed by atoms with E-state index in [0.29, 0.717) is 4.88 Å². The fraction of sp³-hybridized carbons (Fsp3) is 0.190. The van der Waals surface area contributed by atoms with Gasteiger partial charge in [-0.05, 0) is 53.9 Å². The summed E-state index contributed by atoms with van der Waals surface area (Å²) in [6.07, 6.45) is 0.175. The van der Waals surface area contributed by atoms with Crippen molar-refractivity contribution >= 4 is 27.3 Å². The number of phenols is 1. The van der Waals surface area contributed by atoms with Crippen molar-refractivity contribution in [3.05, 3.63) is 72.3 Å². The van der Waals surface area contributed by atoms with Crippen molar-refractivity contribution in [2.24, 2.45) is 0 Å². The number of aromatic hydroxyl groups is 1. The molecular formula is C21H19NO5S2. The van der Waals surface area contributed by atoms with Crippen molar-refractivity contribution in [2.45, 2.75) is 28.5 Å². The van der Waals surface area contributed by atoms with Gasteiger partial charge in [-0.15, -0.1) is 11.3 Å². The lowest BCUT2D eigenvalue weighted by Gasteiger charge is -2.20. The third-order valence-corrected chi connectivity index (χ3v) is 8.64. The Morgan fingerprint density at radius 3 is 2.31 bits per heavy atom. The average Bonchev–Trinajstić information content (AvgIpc) is 3.05. The Kier molecular flexibility index (Phi) is 4.53. The zero-order valence-corrected chi connectivity index (χ0v) is 17.1. The maximum absolute atomic E-state index is 13.0. The van der Waals surface area contributed by atoms with Crippen LogP contribution in [0, 0.1) is 0 Å². The Balaban J connectivity index is 1.65. The number of thiophene rings is 1. The maximum Gasteiger partial charge on any atom is 0.325 e. The number of nitrogens with one attached hydrogen (secondary N) is 1. The molecule has 0 amide bonds. The molecule has 29 heavy (non-hydrogen) atoms. The van der Waals surface area contributed by atoms with E-state index in [4.69, 9.17) is 0 Å². The minimum Gasteiger partial charge on any atom is -0.508 e. The van der Waals surface area contributed by atoms with Crippen molar-refractivity contribution in [3.63, 3.8) is 0 Å². The van der Waals surface area contributed by atoms with Crippen LogP contribution in [0.3, 0.4) is 0 Å². The molecule has 0 saturated heterocycles. The van der Waals surface area contributed by atoms with Crippen LogP contribution in [-0.2, 0) is 20.2 Å². The maximum atomic E-state index is 13.0. The Morgan fingerprint density at radius 2 is 1.69 bits per heavy atom. The van der Waals surface area contributed by atoms with E-state index >= 15 is 0 Å². The summed E-state index contributed by atoms with van der Waals surface area (Å²) in [6, 6.07) is 18.6. The monoisotopic (exact) mass is 429 g/mol. The molecule has 0 radical (unpaired) electrons. The fourth-order valence-corrected chi connectivity index (χ4v) is 6.44. The number of sulfonamides is 1. The second kappa shape index (κ2) is 6.69. The van der Waals surface area contributed by atoms with Crippen molar-refractivity contribution in [1.82, 2.24) is 4.72 Å².